The van der Waals surface area contributed by atoms with Gasteiger partial charge < -0.3 is 5.32 Å². The number of rotatable bonds is 5. The molecule has 1 saturated heterocycles. The highest BCUT2D eigenvalue weighted by molar-refractivity contribution is 7.89. The smallest absolute Gasteiger partial charge is 0.243 e. The van der Waals surface area contributed by atoms with Gasteiger partial charge in [0.15, 0.2) is 0 Å². The first-order valence-electron chi connectivity index (χ1n) is 7.84. The fraction of sp³-hybridized carbons (Fsp3) is 0.625. The van der Waals surface area contributed by atoms with Gasteiger partial charge in [0.1, 0.15) is 0 Å². The number of benzene rings is 1. The summed E-state index contributed by atoms with van der Waals surface area (Å²) in [5.74, 6) is 0. The molecule has 1 aliphatic rings. The molecule has 0 spiro atoms. The van der Waals surface area contributed by atoms with Gasteiger partial charge in [-0.2, -0.15) is 4.31 Å². The van der Waals surface area contributed by atoms with Crippen LogP contribution in [0.3, 0.4) is 0 Å². The molecule has 1 aromatic carbocycles. The first-order chi connectivity index (χ1) is 9.96. The monoisotopic (exact) mass is 310 g/mol. The maximum absolute atomic E-state index is 12.8. The molecule has 4 nitrogen and oxygen atoms in total. The SMILES string of the molecule is CCCNc1ccc(S(=O)(=O)N2C(C)CCCC2C)cc1. The van der Waals surface area contributed by atoms with E-state index in [1.54, 1.807) is 16.4 Å². The zero-order valence-electron chi connectivity index (χ0n) is 13.2. The summed E-state index contributed by atoms with van der Waals surface area (Å²) in [6, 6.07) is 7.28. The van der Waals surface area contributed by atoms with E-state index in [1.807, 2.05) is 26.0 Å². The minimum Gasteiger partial charge on any atom is -0.385 e. The first kappa shape index (κ1) is 16.3. The summed E-state index contributed by atoms with van der Waals surface area (Å²) in [6.07, 6.45) is 4.04. The van der Waals surface area contributed by atoms with Crippen molar-refractivity contribution in [2.45, 2.75) is 63.4 Å². The number of sulfonamides is 1. The minimum absolute atomic E-state index is 0.0802. The molecule has 5 heteroatoms. The molecule has 1 aliphatic heterocycles. The van der Waals surface area contributed by atoms with Crippen molar-refractivity contribution in [3.8, 4) is 0 Å². The average Bonchev–Trinajstić information content (AvgIpc) is 2.45. The van der Waals surface area contributed by atoms with Gasteiger partial charge in [0.25, 0.3) is 0 Å². The lowest BCUT2D eigenvalue weighted by Crippen LogP contribution is -2.47. The third kappa shape index (κ3) is 3.58. The molecule has 118 valence electrons. The fourth-order valence-corrected chi connectivity index (χ4v) is 4.89. The van der Waals surface area contributed by atoms with Gasteiger partial charge in [-0.25, -0.2) is 8.42 Å². The van der Waals surface area contributed by atoms with Crippen LogP contribution in [0.5, 0.6) is 0 Å². The lowest BCUT2D eigenvalue weighted by atomic mass is 10.0. The number of anilines is 1. The molecule has 0 saturated carbocycles. The molecule has 1 N–H and O–H groups in total. The Bertz CT molecular complexity index is 544. The van der Waals surface area contributed by atoms with E-state index in [1.165, 1.54) is 0 Å². The van der Waals surface area contributed by atoms with E-state index in [9.17, 15) is 8.42 Å². The van der Waals surface area contributed by atoms with E-state index in [0.717, 1.165) is 37.9 Å². The van der Waals surface area contributed by atoms with Crippen LogP contribution in [0.25, 0.3) is 0 Å². The molecule has 1 heterocycles. The van der Waals surface area contributed by atoms with Crippen LogP contribution in [0.4, 0.5) is 5.69 Å². The van der Waals surface area contributed by atoms with Crippen LogP contribution in [0.15, 0.2) is 29.2 Å². The Morgan fingerprint density at radius 1 is 1.14 bits per heavy atom. The van der Waals surface area contributed by atoms with Gasteiger partial charge in [-0.15, -0.1) is 0 Å². The number of hydrogen-bond donors (Lipinski definition) is 1. The molecule has 1 aromatic rings. The van der Waals surface area contributed by atoms with E-state index in [0.29, 0.717) is 4.90 Å². The quantitative estimate of drug-likeness (QED) is 0.906. The molecule has 0 amide bonds. The van der Waals surface area contributed by atoms with Crippen molar-refractivity contribution in [3.05, 3.63) is 24.3 Å². The second-order valence-corrected chi connectivity index (χ2v) is 7.76. The first-order valence-corrected chi connectivity index (χ1v) is 9.28. The topological polar surface area (TPSA) is 49.4 Å². The van der Waals surface area contributed by atoms with Crippen LogP contribution < -0.4 is 5.32 Å². The summed E-state index contributed by atoms with van der Waals surface area (Å²) in [4.78, 5) is 0.394. The maximum Gasteiger partial charge on any atom is 0.243 e. The highest BCUT2D eigenvalue weighted by Gasteiger charge is 2.35. The molecular formula is C16H26N2O2S. The minimum atomic E-state index is -3.39. The predicted molar refractivity (Wildman–Crippen MR) is 87.0 cm³/mol. The predicted octanol–water partition coefficient (Wildman–Crippen LogP) is 3.46. The molecule has 0 aliphatic carbocycles. The van der Waals surface area contributed by atoms with Crippen molar-refractivity contribution in [2.75, 3.05) is 11.9 Å². The lowest BCUT2D eigenvalue weighted by molar-refractivity contribution is 0.204. The molecule has 0 bridgehead atoms. The van der Waals surface area contributed by atoms with Crippen LogP contribution in [-0.4, -0.2) is 31.4 Å². The zero-order chi connectivity index (χ0) is 15.5. The molecule has 1 fully saturated rings. The number of nitrogens with one attached hydrogen (secondary N) is 1. The summed E-state index contributed by atoms with van der Waals surface area (Å²) in [5, 5.41) is 3.26. The standard InChI is InChI=1S/C16H26N2O2S/c1-4-12-17-15-8-10-16(11-9-15)21(19,20)18-13(2)6-5-7-14(18)3/h8-11,13-14,17H,4-7,12H2,1-3H3. The third-order valence-electron chi connectivity index (χ3n) is 4.12. The van der Waals surface area contributed by atoms with Gasteiger partial charge in [-0.1, -0.05) is 13.3 Å². The van der Waals surface area contributed by atoms with E-state index in [2.05, 4.69) is 12.2 Å². The van der Waals surface area contributed by atoms with Crippen molar-refractivity contribution in [3.63, 3.8) is 0 Å². The van der Waals surface area contributed by atoms with Crippen LogP contribution in [0.2, 0.25) is 0 Å². The number of piperidine rings is 1. The molecular weight excluding hydrogens is 284 g/mol. The Balaban J connectivity index is 2.22. The van der Waals surface area contributed by atoms with E-state index in [-0.39, 0.29) is 12.1 Å². The number of hydrogen-bond acceptors (Lipinski definition) is 3. The Morgan fingerprint density at radius 2 is 1.71 bits per heavy atom. The zero-order valence-corrected chi connectivity index (χ0v) is 14.0. The summed E-state index contributed by atoms with van der Waals surface area (Å²) in [5.41, 5.74) is 0.968. The Hall–Kier alpha value is -1.07. The fourth-order valence-electron chi connectivity index (χ4n) is 3.01. The largest absolute Gasteiger partial charge is 0.385 e. The van der Waals surface area contributed by atoms with E-state index in [4.69, 9.17) is 0 Å². The van der Waals surface area contributed by atoms with Crippen molar-refractivity contribution < 1.29 is 8.42 Å². The third-order valence-corrected chi connectivity index (χ3v) is 6.26. The lowest BCUT2D eigenvalue weighted by Gasteiger charge is -2.37. The second kappa shape index (κ2) is 6.79. The van der Waals surface area contributed by atoms with Gasteiger partial charge in [-0.05, 0) is 57.4 Å². The van der Waals surface area contributed by atoms with E-state index >= 15 is 0 Å². The molecule has 21 heavy (non-hydrogen) atoms. The van der Waals surface area contributed by atoms with Crippen molar-refractivity contribution in [2.24, 2.45) is 0 Å². The highest BCUT2D eigenvalue weighted by atomic mass is 32.2. The van der Waals surface area contributed by atoms with Gasteiger partial charge in [0.2, 0.25) is 10.0 Å². The Morgan fingerprint density at radius 3 is 2.24 bits per heavy atom. The molecule has 2 unspecified atom stereocenters. The average molecular weight is 310 g/mol. The number of nitrogens with zero attached hydrogens (tertiary/aromatic N) is 1. The molecule has 0 radical (unpaired) electrons. The highest BCUT2D eigenvalue weighted by Crippen LogP contribution is 2.29. The van der Waals surface area contributed by atoms with Crippen LogP contribution in [0.1, 0.15) is 46.5 Å². The summed E-state index contributed by atoms with van der Waals surface area (Å²) in [7, 11) is -3.39. The van der Waals surface area contributed by atoms with Gasteiger partial charge >= 0.3 is 0 Å². The normalized spacial score (nSPS) is 24.0. The Labute approximate surface area is 128 Å². The summed E-state index contributed by atoms with van der Waals surface area (Å²) < 4.78 is 27.4. The van der Waals surface area contributed by atoms with Gasteiger partial charge in [0.05, 0.1) is 4.90 Å². The maximum atomic E-state index is 12.8. The van der Waals surface area contributed by atoms with Gasteiger partial charge in [-0.3, -0.25) is 0 Å². The van der Waals surface area contributed by atoms with Crippen LogP contribution in [-0.2, 0) is 10.0 Å². The Kier molecular flexibility index (Phi) is 5.27. The van der Waals surface area contributed by atoms with Crippen LogP contribution in [0, 0.1) is 0 Å². The van der Waals surface area contributed by atoms with Crippen molar-refractivity contribution in [1.82, 2.24) is 4.31 Å². The molecule has 2 rings (SSSR count). The van der Waals surface area contributed by atoms with E-state index < -0.39 is 10.0 Å². The van der Waals surface area contributed by atoms with Crippen LogP contribution >= 0.6 is 0 Å². The van der Waals surface area contributed by atoms with Crippen molar-refractivity contribution >= 4 is 15.7 Å². The summed E-state index contributed by atoms with van der Waals surface area (Å²) >= 11 is 0. The molecule has 2 atom stereocenters. The summed E-state index contributed by atoms with van der Waals surface area (Å²) in [6.45, 7) is 7.01. The van der Waals surface area contributed by atoms with Gasteiger partial charge in [0, 0.05) is 24.3 Å². The van der Waals surface area contributed by atoms with Crippen molar-refractivity contribution in [1.29, 1.82) is 0 Å². The molecule has 0 aromatic heterocycles. The second-order valence-electron chi connectivity index (χ2n) is 5.92.